The Hall–Kier alpha value is -3.84. The van der Waals surface area contributed by atoms with Crippen molar-refractivity contribution in [3.8, 4) is 33.8 Å². The lowest BCUT2D eigenvalue weighted by Gasteiger charge is -2.29. The predicted molar refractivity (Wildman–Crippen MR) is 154 cm³/mol. The van der Waals surface area contributed by atoms with Crippen molar-refractivity contribution in [2.24, 2.45) is 0 Å². The summed E-state index contributed by atoms with van der Waals surface area (Å²) in [5, 5.41) is 3.16. The predicted octanol–water partition coefficient (Wildman–Crippen LogP) is 6.13. The summed E-state index contributed by atoms with van der Waals surface area (Å²) in [4.78, 5) is 27.9. The molecular formula is C32H36FN5O. The molecule has 0 radical (unpaired) electrons. The Morgan fingerprint density at radius 1 is 1.05 bits per heavy atom. The molecule has 1 saturated heterocycles. The lowest BCUT2D eigenvalue weighted by molar-refractivity contribution is -0.121. The Morgan fingerprint density at radius 2 is 1.77 bits per heavy atom. The van der Waals surface area contributed by atoms with Crippen LogP contribution < -0.4 is 5.32 Å². The Kier molecular flexibility index (Phi) is 7.89. The molecule has 0 spiro atoms. The summed E-state index contributed by atoms with van der Waals surface area (Å²) in [5.74, 6) is 0.784. The highest BCUT2D eigenvalue weighted by Crippen LogP contribution is 2.34. The van der Waals surface area contributed by atoms with Crippen molar-refractivity contribution in [2.45, 2.75) is 52.0 Å². The van der Waals surface area contributed by atoms with Gasteiger partial charge in [0.15, 0.2) is 0 Å². The van der Waals surface area contributed by atoms with Crippen molar-refractivity contribution in [3.05, 3.63) is 83.6 Å². The SMILES string of the molecule is Cc1cccc(-c2[nH]c(C(C)C)nc2-c2ccc(F)c(-c3ccc(CC(=O)NC4CCN(C)CC4)cc3)c2)n1. The third-order valence-electron chi connectivity index (χ3n) is 7.37. The second-order valence-corrected chi connectivity index (χ2v) is 10.9. The normalized spacial score (nSPS) is 14.6. The van der Waals surface area contributed by atoms with Crippen LogP contribution in [0.15, 0.2) is 60.7 Å². The third-order valence-corrected chi connectivity index (χ3v) is 7.37. The summed E-state index contributed by atoms with van der Waals surface area (Å²) >= 11 is 0. The number of imidazole rings is 1. The minimum atomic E-state index is -0.304. The number of likely N-dealkylation sites (tertiary alicyclic amines) is 1. The van der Waals surface area contributed by atoms with Gasteiger partial charge in [-0.1, -0.05) is 44.2 Å². The number of aromatic nitrogens is 3. The number of hydrogen-bond donors (Lipinski definition) is 2. The summed E-state index contributed by atoms with van der Waals surface area (Å²) in [6, 6.07) is 18.8. The van der Waals surface area contributed by atoms with E-state index in [9.17, 15) is 4.79 Å². The van der Waals surface area contributed by atoms with E-state index in [1.165, 1.54) is 6.07 Å². The molecule has 2 N–H and O–H groups in total. The number of hydrogen-bond acceptors (Lipinski definition) is 4. The first-order valence-electron chi connectivity index (χ1n) is 13.7. The highest BCUT2D eigenvalue weighted by Gasteiger charge is 2.20. The van der Waals surface area contributed by atoms with Gasteiger partial charge in [-0.2, -0.15) is 0 Å². The number of benzene rings is 2. The van der Waals surface area contributed by atoms with Crippen LogP contribution in [0, 0.1) is 12.7 Å². The standard InChI is InChI=1S/C32H36FN5O/c1-20(2)32-36-30(31(37-32)28-7-5-6-21(3)34-28)24-12-13-27(33)26(19-24)23-10-8-22(9-11-23)18-29(39)35-25-14-16-38(4)17-15-25/h5-13,19-20,25H,14-18H2,1-4H3,(H,35,39)(H,36,37). The molecule has 202 valence electrons. The number of aryl methyl sites for hydroxylation is 1. The van der Waals surface area contributed by atoms with Crippen molar-refractivity contribution in [1.82, 2.24) is 25.2 Å². The van der Waals surface area contributed by atoms with Gasteiger partial charge in [-0.25, -0.2) is 9.37 Å². The maximum atomic E-state index is 15.1. The topological polar surface area (TPSA) is 73.9 Å². The van der Waals surface area contributed by atoms with Gasteiger partial charge in [0.25, 0.3) is 0 Å². The number of carbonyl (C=O) groups excluding carboxylic acids is 1. The first kappa shape index (κ1) is 26.8. The number of nitrogens with zero attached hydrogens (tertiary/aromatic N) is 3. The van der Waals surface area contributed by atoms with E-state index >= 15 is 4.39 Å². The van der Waals surface area contributed by atoms with E-state index in [0.717, 1.165) is 71.2 Å². The number of carbonyl (C=O) groups is 1. The Morgan fingerprint density at radius 3 is 2.46 bits per heavy atom. The van der Waals surface area contributed by atoms with Crippen molar-refractivity contribution < 1.29 is 9.18 Å². The fourth-order valence-corrected chi connectivity index (χ4v) is 5.05. The molecule has 3 heterocycles. The van der Waals surface area contributed by atoms with Crippen LogP contribution in [0.3, 0.4) is 0 Å². The van der Waals surface area contributed by atoms with Crippen molar-refractivity contribution in [3.63, 3.8) is 0 Å². The van der Waals surface area contributed by atoms with Gasteiger partial charge in [0.1, 0.15) is 11.6 Å². The van der Waals surface area contributed by atoms with Crippen LogP contribution in [0.4, 0.5) is 4.39 Å². The molecule has 0 atom stereocenters. The summed E-state index contributed by atoms with van der Waals surface area (Å²) < 4.78 is 15.1. The molecular weight excluding hydrogens is 489 g/mol. The highest BCUT2D eigenvalue weighted by atomic mass is 19.1. The van der Waals surface area contributed by atoms with Crippen LogP contribution in [0.2, 0.25) is 0 Å². The van der Waals surface area contributed by atoms with E-state index in [4.69, 9.17) is 9.97 Å². The van der Waals surface area contributed by atoms with E-state index in [1.54, 1.807) is 6.07 Å². The van der Waals surface area contributed by atoms with Crippen LogP contribution in [0.25, 0.3) is 33.8 Å². The van der Waals surface area contributed by atoms with E-state index in [0.29, 0.717) is 12.0 Å². The smallest absolute Gasteiger partial charge is 0.224 e. The molecule has 5 rings (SSSR count). The number of halogens is 1. The summed E-state index contributed by atoms with van der Waals surface area (Å²) in [7, 11) is 2.11. The second kappa shape index (κ2) is 11.5. The first-order valence-corrected chi connectivity index (χ1v) is 13.7. The lowest BCUT2D eigenvalue weighted by atomic mass is 9.98. The Bertz CT molecular complexity index is 1450. The number of nitrogens with one attached hydrogen (secondary N) is 2. The average Bonchev–Trinajstić information content (AvgIpc) is 3.37. The molecule has 1 aliphatic heterocycles. The molecule has 7 heteroatoms. The lowest BCUT2D eigenvalue weighted by Crippen LogP contribution is -2.43. The van der Waals surface area contributed by atoms with Crippen molar-refractivity contribution in [2.75, 3.05) is 20.1 Å². The third kappa shape index (κ3) is 6.25. The van der Waals surface area contributed by atoms with Gasteiger partial charge in [0.2, 0.25) is 5.91 Å². The molecule has 0 saturated carbocycles. The van der Waals surface area contributed by atoms with Crippen LogP contribution in [0.5, 0.6) is 0 Å². The summed E-state index contributed by atoms with van der Waals surface area (Å²) in [6.07, 6.45) is 2.27. The maximum absolute atomic E-state index is 15.1. The molecule has 1 amide bonds. The molecule has 2 aromatic carbocycles. The fraction of sp³-hybridized carbons (Fsp3) is 0.344. The quantitative estimate of drug-likeness (QED) is 0.304. The number of aromatic amines is 1. The van der Waals surface area contributed by atoms with Crippen molar-refractivity contribution >= 4 is 5.91 Å². The largest absolute Gasteiger partial charge is 0.353 e. The number of pyridine rings is 1. The Labute approximate surface area is 229 Å². The molecule has 0 bridgehead atoms. The minimum absolute atomic E-state index is 0.0299. The average molecular weight is 526 g/mol. The van der Waals surface area contributed by atoms with E-state index in [-0.39, 0.29) is 23.7 Å². The van der Waals surface area contributed by atoms with Crippen LogP contribution in [-0.2, 0) is 11.2 Å². The van der Waals surface area contributed by atoms with Gasteiger partial charge in [0.05, 0.1) is 23.5 Å². The van der Waals surface area contributed by atoms with Crippen molar-refractivity contribution in [1.29, 1.82) is 0 Å². The molecule has 2 aromatic heterocycles. The molecule has 0 unspecified atom stereocenters. The van der Waals surface area contributed by atoms with Crippen LogP contribution in [-0.4, -0.2) is 51.9 Å². The highest BCUT2D eigenvalue weighted by molar-refractivity contribution is 5.81. The fourth-order valence-electron chi connectivity index (χ4n) is 5.05. The first-order chi connectivity index (χ1) is 18.8. The zero-order valence-corrected chi connectivity index (χ0v) is 23.1. The monoisotopic (exact) mass is 525 g/mol. The van der Waals surface area contributed by atoms with Gasteiger partial charge in [0, 0.05) is 28.8 Å². The van der Waals surface area contributed by atoms with Gasteiger partial charge in [-0.3, -0.25) is 9.78 Å². The molecule has 4 aromatic rings. The Balaban J connectivity index is 1.38. The summed E-state index contributed by atoms with van der Waals surface area (Å²) in [6.45, 7) is 8.14. The molecule has 1 fully saturated rings. The van der Waals surface area contributed by atoms with Gasteiger partial charge in [-0.15, -0.1) is 0 Å². The number of rotatable bonds is 7. The van der Waals surface area contributed by atoms with E-state index < -0.39 is 0 Å². The molecule has 6 nitrogen and oxygen atoms in total. The van der Waals surface area contributed by atoms with Crippen LogP contribution >= 0.6 is 0 Å². The van der Waals surface area contributed by atoms with Gasteiger partial charge < -0.3 is 15.2 Å². The molecule has 39 heavy (non-hydrogen) atoms. The van der Waals surface area contributed by atoms with E-state index in [2.05, 4.69) is 36.1 Å². The molecule has 1 aliphatic rings. The zero-order chi connectivity index (χ0) is 27.5. The van der Waals surface area contributed by atoms with E-state index in [1.807, 2.05) is 55.5 Å². The molecule has 0 aliphatic carbocycles. The van der Waals surface area contributed by atoms with Gasteiger partial charge >= 0.3 is 0 Å². The summed E-state index contributed by atoms with van der Waals surface area (Å²) in [5.41, 5.74) is 6.26. The van der Waals surface area contributed by atoms with Gasteiger partial charge in [-0.05, 0) is 81.4 Å². The minimum Gasteiger partial charge on any atom is -0.353 e. The maximum Gasteiger partial charge on any atom is 0.224 e. The zero-order valence-electron chi connectivity index (χ0n) is 23.1. The number of H-pyrrole nitrogens is 1. The van der Waals surface area contributed by atoms with Crippen LogP contribution in [0.1, 0.15) is 49.7 Å². The number of amides is 1. The number of piperidine rings is 1. The second-order valence-electron chi connectivity index (χ2n) is 10.9.